The minimum atomic E-state index is -1.09. The van der Waals surface area contributed by atoms with Gasteiger partial charge in [-0.3, -0.25) is 4.79 Å². The van der Waals surface area contributed by atoms with Crippen molar-refractivity contribution >= 4 is 29.1 Å². The van der Waals surface area contributed by atoms with Crippen LogP contribution in [0.3, 0.4) is 0 Å². The van der Waals surface area contributed by atoms with Crippen LogP contribution in [-0.2, 0) is 0 Å². The number of amides is 1. The Kier molecular flexibility index (Phi) is 4.14. The fourth-order valence-electron chi connectivity index (χ4n) is 1.95. The van der Waals surface area contributed by atoms with E-state index in [1.165, 1.54) is 0 Å². The Morgan fingerprint density at radius 2 is 2.17 bits per heavy atom. The molecule has 0 saturated carbocycles. The SMILES string of the molecule is Cc1[nH]c(C(=O)N[C@H]2CCNC[C@H]2F)c(Cl)c1Cl. The Hall–Kier alpha value is -0.780. The van der Waals surface area contributed by atoms with Gasteiger partial charge < -0.3 is 15.6 Å². The van der Waals surface area contributed by atoms with Crippen molar-refractivity contribution in [3.05, 3.63) is 21.4 Å². The first kappa shape index (κ1) is 13.6. The lowest BCUT2D eigenvalue weighted by Crippen LogP contribution is -2.50. The van der Waals surface area contributed by atoms with Gasteiger partial charge >= 0.3 is 0 Å². The third-order valence-corrected chi connectivity index (χ3v) is 3.95. The molecule has 2 rings (SSSR count). The highest BCUT2D eigenvalue weighted by Gasteiger charge is 2.28. The molecule has 4 nitrogen and oxygen atoms in total. The number of aromatic amines is 1. The average Bonchev–Trinajstić information content (AvgIpc) is 2.60. The number of carbonyl (C=O) groups excluding carboxylic acids is 1. The molecule has 18 heavy (non-hydrogen) atoms. The van der Waals surface area contributed by atoms with Crippen LogP contribution in [0.25, 0.3) is 0 Å². The van der Waals surface area contributed by atoms with Crippen LogP contribution in [0.1, 0.15) is 22.6 Å². The molecule has 1 aromatic rings. The number of hydrogen-bond acceptors (Lipinski definition) is 2. The van der Waals surface area contributed by atoms with Crippen LogP contribution in [0.15, 0.2) is 0 Å². The van der Waals surface area contributed by atoms with Gasteiger partial charge in [-0.25, -0.2) is 4.39 Å². The number of rotatable bonds is 2. The van der Waals surface area contributed by atoms with Gasteiger partial charge in [0.1, 0.15) is 11.9 Å². The molecule has 0 bridgehead atoms. The summed E-state index contributed by atoms with van der Waals surface area (Å²) in [6, 6.07) is -0.489. The van der Waals surface area contributed by atoms with Gasteiger partial charge in [-0.1, -0.05) is 23.2 Å². The zero-order chi connectivity index (χ0) is 13.3. The number of carbonyl (C=O) groups is 1. The monoisotopic (exact) mass is 293 g/mol. The van der Waals surface area contributed by atoms with Crippen molar-refractivity contribution in [2.24, 2.45) is 0 Å². The van der Waals surface area contributed by atoms with Crippen LogP contribution in [-0.4, -0.2) is 36.2 Å². The van der Waals surface area contributed by atoms with Gasteiger partial charge in [-0.15, -0.1) is 0 Å². The van der Waals surface area contributed by atoms with Crippen LogP contribution in [0, 0.1) is 6.92 Å². The summed E-state index contributed by atoms with van der Waals surface area (Å²) in [5, 5.41) is 6.06. The Morgan fingerprint density at radius 1 is 1.44 bits per heavy atom. The highest BCUT2D eigenvalue weighted by atomic mass is 35.5. The summed E-state index contributed by atoms with van der Waals surface area (Å²) in [5.41, 5.74) is 0.804. The van der Waals surface area contributed by atoms with Gasteiger partial charge in [0.25, 0.3) is 5.91 Å². The van der Waals surface area contributed by atoms with Gasteiger partial charge in [0.15, 0.2) is 0 Å². The van der Waals surface area contributed by atoms with E-state index in [2.05, 4.69) is 15.6 Å². The Morgan fingerprint density at radius 3 is 2.72 bits per heavy atom. The summed E-state index contributed by atoms with van der Waals surface area (Å²) < 4.78 is 13.6. The normalized spacial score (nSPS) is 24.0. The molecule has 7 heteroatoms. The lowest BCUT2D eigenvalue weighted by atomic mass is 10.0. The maximum absolute atomic E-state index is 13.6. The molecule has 1 amide bonds. The number of nitrogens with one attached hydrogen (secondary N) is 3. The summed E-state index contributed by atoms with van der Waals surface area (Å²) in [7, 11) is 0. The van der Waals surface area contributed by atoms with Crippen molar-refractivity contribution in [1.82, 2.24) is 15.6 Å². The summed E-state index contributed by atoms with van der Waals surface area (Å²) >= 11 is 11.8. The molecule has 0 aromatic carbocycles. The topological polar surface area (TPSA) is 56.9 Å². The maximum Gasteiger partial charge on any atom is 0.269 e. The van der Waals surface area contributed by atoms with Crippen molar-refractivity contribution in [1.29, 1.82) is 0 Å². The van der Waals surface area contributed by atoms with E-state index >= 15 is 0 Å². The Balaban J connectivity index is 2.09. The second-order valence-corrected chi connectivity index (χ2v) is 5.10. The van der Waals surface area contributed by atoms with Crippen molar-refractivity contribution < 1.29 is 9.18 Å². The molecule has 1 aromatic heterocycles. The quantitative estimate of drug-likeness (QED) is 0.782. The second-order valence-electron chi connectivity index (χ2n) is 4.34. The van der Waals surface area contributed by atoms with E-state index in [0.717, 1.165) is 0 Å². The molecule has 1 aliphatic heterocycles. The molecule has 0 radical (unpaired) electrons. The molecule has 1 aliphatic rings. The van der Waals surface area contributed by atoms with E-state index in [0.29, 0.717) is 23.7 Å². The molecular formula is C11H14Cl2FN3O. The molecule has 100 valence electrons. The van der Waals surface area contributed by atoms with Crippen molar-refractivity contribution in [3.63, 3.8) is 0 Å². The Bertz CT molecular complexity index is 463. The minimum absolute atomic E-state index is 0.177. The first-order valence-corrected chi connectivity index (χ1v) is 6.45. The van der Waals surface area contributed by atoms with Gasteiger partial charge in [-0.2, -0.15) is 0 Å². The van der Waals surface area contributed by atoms with Gasteiger partial charge in [0.05, 0.1) is 16.1 Å². The fourth-order valence-corrected chi connectivity index (χ4v) is 2.37. The van der Waals surface area contributed by atoms with E-state index in [-0.39, 0.29) is 17.3 Å². The number of piperidine rings is 1. The molecule has 0 unspecified atom stereocenters. The van der Waals surface area contributed by atoms with Crippen LogP contribution in [0.5, 0.6) is 0 Å². The van der Waals surface area contributed by atoms with E-state index in [4.69, 9.17) is 23.2 Å². The molecule has 0 spiro atoms. The molecule has 2 atom stereocenters. The number of aromatic nitrogens is 1. The first-order chi connectivity index (χ1) is 8.50. The smallest absolute Gasteiger partial charge is 0.269 e. The highest BCUT2D eigenvalue weighted by molar-refractivity contribution is 6.44. The zero-order valence-electron chi connectivity index (χ0n) is 9.82. The number of aryl methyl sites for hydroxylation is 1. The Labute approximate surface area is 114 Å². The molecule has 2 heterocycles. The zero-order valence-corrected chi connectivity index (χ0v) is 11.3. The van der Waals surface area contributed by atoms with E-state index in [1.54, 1.807) is 6.92 Å². The van der Waals surface area contributed by atoms with Gasteiger partial charge in [0, 0.05) is 12.2 Å². The summed E-state index contributed by atoms with van der Waals surface area (Å²) in [5.74, 6) is -0.426. The standard InChI is InChI=1S/C11H14Cl2FN3O/c1-5-8(12)9(13)10(16-5)11(18)17-7-2-3-15-4-6(7)14/h6-7,15-16H,2-4H2,1H3,(H,17,18)/t6-,7+/m1/s1. The molecule has 0 aliphatic carbocycles. The highest BCUT2D eigenvalue weighted by Crippen LogP contribution is 2.29. The van der Waals surface area contributed by atoms with Gasteiger partial charge in [0.2, 0.25) is 0 Å². The van der Waals surface area contributed by atoms with Crippen LogP contribution < -0.4 is 10.6 Å². The summed E-state index contributed by atoms with van der Waals surface area (Å²) in [6.07, 6.45) is -0.536. The van der Waals surface area contributed by atoms with Crippen molar-refractivity contribution in [2.75, 3.05) is 13.1 Å². The number of H-pyrrole nitrogens is 1. The van der Waals surface area contributed by atoms with Crippen molar-refractivity contribution in [3.8, 4) is 0 Å². The van der Waals surface area contributed by atoms with E-state index in [9.17, 15) is 9.18 Å². The van der Waals surface area contributed by atoms with Crippen molar-refractivity contribution in [2.45, 2.75) is 25.6 Å². The fraction of sp³-hybridized carbons (Fsp3) is 0.545. The average molecular weight is 294 g/mol. The summed E-state index contributed by atoms with van der Waals surface area (Å²) in [4.78, 5) is 14.8. The van der Waals surface area contributed by atoms with Crippen LogP contribution in [0.2, 0.25) is 10.0 Å². The van der Waals surface area contributed by atoms with Crippen LogP contribution >= 0.6 is 23.2 Å². The minimum Gasteiger partial charge on any atom is -0.352 e. The predicted molar refractivity (Wildman–Crippen MR) is 69.2 cm³/mol. The summed E-state index contributed by atoms with van der Waals surface area (Å²) in [6.45, 7) is 2.65. The molecular weight excluding hydrogens is 280 g/mol. The number of alkyl halides is 1. The number of hydrogen-bond donors (Lipinski definition) is 3. The lowest BCUT2D eigenvalue weighted by Gasteiger charge is -2.27. The second kappa shape index (κ2) is 5.47. The first-order valence-electron chi connectivity index (χ1n) is 5.70. The number of halogens is 3. The molecule has 3 N–H and O–H groups in total. The van der Waals surface area contributed by atoms with E-state index in [1.807, 2.05) is 0 Å². The predicted octanol–water partition coefficient (Wildman–Crippen LogP) is 2.06. The largest absolute Gasteiger partial charge is 0.352 e. The molecule has 1 saturated heterocycles. The third-order valence-electron chi connectivity index (χ3n) is 3.01. The van der Waals surface area contributed by atoms with Gasteiger partial charge in [-0.05, 0) is 19.9 Å². The molecule has 1 fully saturated rings. The van der Waals surface area contributed by atoms with E-state index < -0.39 is 18.1 Å². The maximum atomic E-state index is 13.6. The van der Waals surface area contributed by atoms with Crippen LogP contribution in [0.4, 0.5) is 4.39 Å². The lowest BCUT2D eigenvalue weighted by molar-refractivity contribution is 0.0888. The third kappa shape index (κ3) is 2.63.